The monoisotopic (exact) mass is 285 g/mol. The van der Waals surface area contributed by atoms with Crippen molar-refractivity contribution in [2.75, 3.05) is 6.54 Å². The number of nitrogens with two attached hydrogens (primary N) is 1. The summed E-state index contributed by atoms with van der Waals surface area (Å²) in [5.41, 5.74) is 6.36. The summed E-state index contributed by atoms with van der Waals surface area (Å²) in [5, 5.41) is 0. The van der Waals surface area contributed by atoms with Crippen molar-refractivity contribution in [1.82, 2.24) is 0 Å². The number of ether oxygens (including phenoxy) is 1. The Kier molecular flexibility index (Phi) is 5.49. The first-order valence-electron chi connectivity index (χ1n) is 5.24. The van der Waals surface area contributed by atoms with E-state index in [0.29, 0.717) is 19.6 Å². The third kappa shape index (κ3) is 4.33. The molecule has 0 spiro atoms. The molecular formula is C12H16BrNO2. The van der Waals surface area contributed by atoms with Gasteiger partial charge in [-0.15, -0.1) is 0 Å². The van der Waals surface area contributed by atoms with Gasteiger partial charge in [-0.3, -0.25) is 4.79 Å². The van der Waals surface area contributed by atoms with Crippen LogP contribution in [0.3, 0.4) is 0 Å². The second-order valence-corrected chi connectivity index (χ2v) is 4.63. The maximum Gasteiger partial charge on any atom is 0.309 e. The molecule has 2 N–H and O–H groups in total. The van der Waals surface area contributed by atoms with Crippen LogP contribution in [-0.2, 0) is 16.1 Å². The molecule has 1 atom stereocenters. The first kappa shape index (κ1) is 13.2. The van der Waals surface area contributed by atoms with Gasteiger partial charge in [0.25, 0.3) is 0 Å². The molecule has 0 amide bonds. The predicted octanol–water partition coefficient (Wildman–Crippen LogP) is 2.48. The van der Waals surface area contributed by atoms with E-state index in [1.807, 2.05) is 31.2 Å². The summed E-state index contributed by atoms with van der Waals surface area (Å²) in [4.78, 5) is 11.5. The van der Waals surface area contributed by atoms with Crippen LogP contribution in [0.1, 0.15) is 18.9 Å². The van der Waals surface area contributed by atoms with E-state index in [4.69, 9.17) is 10.5 Å². The molecule has 1 rings (SSSR count). The van der Waals surface area contributed by atoms with Crippen LogP contribution in [0, 0.1) is 5.92 Å². The molecule has 88 valence electrons. The Labute approximate surface area is 104 Å². The van der Waals surface area contributed by atoms with Crippen molar-refractivity contribution >= 4 is 21.9 Å². The number of carbonyl (C=O) groups is 1. The van der Waals surface area contributed by atoms with Crippen LogP contribution in [-0.4, -0.2) is 12.5 Å². The fraction of sp³-hybridized carbons (Fsp3) is 0.417. The van der Waals surface area contributed by atoms with Gasteiger partial charge in [-0.05, 0) is 30.7 Å². The lowest BCUT2D eigenvalue weighted by atomic mass is 10.1. The molecule has 0 aliphatic heterocycles. The molecule has 0 fully saturated rings. The highest BCUT2D eigenvalue weighted by Crippen LogP contribution is 2.12. The van der Waals surface area contributed by atoms with E-state index in [0.717, 1.165) is 10.0 Å². The van der Waals surface area contributed by atoms with E-state index in [1.165, 1.54) is 0 Å². The van der Waals surface area contributed by atoms with E-state index in [-0.39, 0.29) is 11.9 Å². The third-order valence-corrected chi connectivity index (χ3v) is 2.83. The van der Waals surface area contributed by atoms with Crippen molar-refractivity contribution in [3.63, 3.8) is 0 Å². The Morgan fingerprint density at radius 3 is 2.62 bits per heavy atom. The second kappa shape index (κ2) is 6.66. The first-order chi connectivity index (χ1) is 7.63. The lowest BCUT2D eigenvalue weighted by Gasteiger charge is -2.10. The zero-order chi connectivity index (χ0) is 12.0. The molecule has 0 saturated heterocycles. The fourth-order valence-corrected chi connectivity index (χ4v) is 1.51. The highest BCUT2D eigenvalue weighted by atomic mass is 79.9. The lowest BCUT2D eigenvalue weighted by molar-refractivity contribution is -0.149. The Hall–Kier alpha value is -0.870. The summed E-state index contributed by atoms with van der Waals surface area (Å²) in [5.74, 6) is -0.311. The number of rotatable bonds is 5. The summed E-state index contributed by atoms with van der Waals surface area (Å²) in [6, 6.07) is 7.69. The zero-order valence-corrected chi connectivity index (χ0v) is 10.9. The van der Waals surface area contributed by atoms with Gasteiger partial charge in [-0.1, -0.05) is 35.0 Å². The molecule has 16 heavy (non-hydrogen) atoms. The zero-order valence-electron chi connectivity index (χ0n) is 9.28. The number of carbonyl (C=O) groups excluding carboxylic acids is 1. The lowest BCUT2D eigenvalue weighted by Crippen LogP contribution is -2.18. The molecule has 1 aromatic rings. The minimum Gasteiger partial charge on any atom is -0.461 e. The molecule has 0 heterocycles. The van der Waals surface area contributed by atoms with Crippen molar-refractivity contribution in [3.05, 3.63) is 34.3 Å². The number of hydrogen-bond acceptors (Lipinski definition) is 3. The van der Waals surface area contributed by atoms with Gasteiger partial charge in [0.1, 0.15) is 6.61 Å². The SMILES string of the molecule is CC(CCN)C(=O)OCc1ccc(Br)cc1. The molecule has 0 radical (unpaired) electrons. The van der Waals surface area contributed by atoms with Gasteiger partial charge < -0.3 is 10.5 Å². The van der Waals surface area contributed by atoms with Gasteiger partial charge in [0.15, 0.2) is 0 Å². The molecule has 0 bridgehead atoms. The third-order valence-electron chi connectivity index (χ3n) is 2.30. The molecular weight excluding hydrogens is 270 g/mol. The standard InChI is InChI=1S/C12H16BrNO2/c1-9(6-7-14)12(15)16-8-10-2-4-11(13)5-3-10/h2-5,9H,6-8,14H2,1H3. The van der Waals surface area contributed by atoms with E-state index in [9.17, 15) is 4.79 Å². The smallest absolute Gasteiger partial charge is 0.309 e. The summed E-state index contributed by atoms with van der Waals surface area (Å²) < 4.78 is 6.19. The number of benzene rings is 1. The van der Waals surface area contributed by atoms with Crippen LogP contribution >= 0.6 is 15.9 Å². The molecule has 4 heteroatoms. The van der Waals surface area contributed by atoms with Crippen molar-refractivity contribution in [3.8, 4) is 0 Å². The largest absolute Gasteiger partial charge is 0.461 e. The van der Waals surface area contributed by atoms with Crippen molar-refractivity contribution < 1.29 is 9.53 Å². The van der Waals surface area contributed by atoms with Gasteiger partial charge in [0.2, 0.25) is 0 Å². The van der Waals surface area contributed by atoms with Crippen LogP contribution in [0.2, 0.25) is 0 Å². The van der Waals surface area contributed by atoms with Gasteiger partial charge in [0, 0.05) is 4.47 Å². The van der Waals surface area contributed by atoms with Crippen LogP contribution in [0.5, 0.6) is 0 Å². The van der Waals surface area contributed by atoms with Crippen LogP contribution in [0.15, 0.2) is 28.7 Å². The Morgan fingerprint density at radius 2 is 2.06 bits per heavy atom. The summed E-state index contributed by atoms with van der Waals surface area (Å²) in [6.07, 6.45) is 0.666. The number of esters is 1. The summed E-state index contributed by atoms with van der Waals surface area (Å²) in [7, 11) is 0. The van der Waals surface area contributed by atoms with Gasteiger partial charge in [-0.25, -0.2) is 0 Å². The quantitative estimate of drug-likeness (QED) is 0.846. The highest BCUT2D eigenvalue weighted by molar-refractivity contribution is 9.10. The van der Waals surface area contributed by atoms with Crippen molar-refractivity contribution in [2.24, 2.45) is 11.7 Å². The maximum absolute atomic E-state index is 11.5. The van der Waals surface area contributed by atoms with E-state index >= 15 is 0 Å². The minimum atomic E-state index is -0.187. The fourth-order valence-electron chi connectivity index (χ4n) is 1.25. The van der Waals surface area contributed by atoms with Crippen molar-refractivity contribution in [2.45, 2.75) is 20.0 Å². The summed E-state index contributed by atoms with van der Waals surface area (Å²) >= 11 is 3.35. The predicted molar refractivity (Wildman–Crippen MR) is 66.8 cm³/mol. The average molecular weight is 286 g/mol. The molecule has 1 unspecified atom stereocenters. The molecule has 0 aliphatic rings. The van der Waals surface area contributed by atoms with Crippen LogP contribution in [0.25, 0.3) is 0 Å². The first-order valence-corrected chi connectivity index (χ1v) is 6.04. The minimum absolute atomic E-state index is 0.125. The normalized spacial score (nSPS) is 12.2. The maximum atomic E-state index is 11.5. The van der Waals surface area contributed by atoms with E-state index < -0.39 is 0 Å². The Balaban J connectivity index is 2.39. The summed E-state index contributed by atoms with van der Waals surface area (Å²) in [6.45, 7) is 2.66. The second-order valence-electron chi connectivity index (χ2n) is 3.71. The highest BCUT2D eigenvalue weighted by Gasteiger charge is 2.13. The van der Waals surface area contributed by atoms with Gasteiger partial charge in [0.05, 0.1) is 5.92 Å². The van der Waals surface area contributed by atoms with Crippen LogP contribution in [0.4, 0.5) is 0 Å². The topological polar surface area (TPSA) is 52.3 Å². The van der Waals surface area contributed by atoms with Gasteiger partial charge in [-0.2, -0.15) is 0 Å². The number of halogens is 1. The molecule has 3 nitrogen and oxygen atoms in total. The molecule has 0 saturated carbocycles. The van der Waals surface area contributed by atoms with E-state index in [1.54, 1.807) is 0 Å². The Bertz CT molecular complexity index is 337. The van der Waals surface area contributed by atoms with E-state index in [2.05, 4.69) is 15.9 Å². The Morgan fingerprint density at radius 1 is 1.44 bits per heavy atom. The van der Waals surface area contributed by atoms with Gasteiger partial charge >= 0.3 is 5.97 Å². The number of hydrogen-bond donors (Lipinski definition) is 1. The molecule has 0 aliphatic carbocycles. The molecule has 1 aromatic carbocycles. The van der Waals surface area contributed by atoms with Crippen molar-refractivity contribution in [1.29, 1.82) is 0 Å². The van der Waals surface area contributed by atoms with Crippen LogP contribution < -0.4 is 5.73 Å². The average Bonchev–Trinajstić information content (AvgIpc) is 2.28. The molecule has 0 aromatic heterocycles.